The summed E-state index contributed by atoms with van der Waals surface area (Å²) in [5.41, 5.74) is -0.934. The van der Waals surface area contributed by atoms with Crippen LogP contribution in [0.25, 0.3) is 0 Å². The van der Waals surface area contributed by atoms with Gasteiger partial charge in [-0.2, -0.15) is 0 Å². The number of fused-ring (bicyclic) bond motifs is 1. The van der Waals surface area contributed by atoms with Crippen molar-refractivity contribution in [3.8, 4) is 11.8 Å². The molecule has 4 rings (SSSR count). The topological polar surface area (TPSA) is 49.8 Å². The molecule has 138 valence electrons. The maximum Gasteiger partial charge on any atom is 0.344 e. The van der Waals surface area contributed by atoms with Crippen molar-refractivity contribution < 1.29 is 14.6 Å². The number of esters is 1. The summed E-state index contributed by atoms with van der Waals surface area (Å²) in [5, 5.41) is 11.3. The Labute approximate surface area is 155 Å². The lowest BCUT2D eigenvalue weighted by atomic mass is 9.80. The van der Waals surface area contributed by atoms with Gasteiger partial charge in [0, 0.05) is 19.0 Å². The highest BCUT2D eigenvalue weighted by molar-refractivity contribution is 5.81. The molecule has 2 aliphatic carbocycles. The Morgan fingerprint density at radius 3 is 2.54 bits per heavy atom. The maximum absolute atomic E-state index is 12.8. The number of hydrogen-bond donors (Lipinski definition) is 1. The van der Waals surface area contributed by atoms with Crippen molar-refractivity contribution in [1.82, 2.24) is 4.90 Å². The SMILES string of the molecule is O=C(OCC#CCN1C[C@H]2C[C@H]2C1)[C@](O)(c1ccccc1)C1CCCC1. The first-order chi connectivity index (χ1) is 12.7. The Morgan fingerprint density at radius 2 is 1.85 bits per heavy atom. The molecule has 3 fully saturated rings. The van der Waals surface area contributed by atoms with Gasteiger partial charge in [0.25, 0.3) is 0 Å². The normalized spacial score (nSPS) is 27.3. The first-order valence-corrected chi connectivity index (χ1v) is 9.81. The molecule has 1 N–H and O–H groups in total. The van der Waals surface area contributed by atoms with E-state index < -0.39 is 11.6 Å². The highest BCUT2D eigenvalue weighted by Gasteiger charge is 2.47. The van der Waals surface area contributed by atoms with Gasteiger partial charge < -0.3 is 9.84 Å². The van der Waals surface area contributed by atoms with Gasteiger partial charge in [-0.3, -0.25) is 4.90 Å². The summed E-state index contributed by atoms with van der Waals surface area (Å²) in [5.74, 6) is 7.21. The largest absolute Gasteiger partial charge is 0.450 e. The summed E-state index contributed by atoms with van der Waals surface area (Å²) in [7, 11) is 0. The molecular formula is C22H27NO3. The molecule has 1 heterocycles. The molecule has 3 aliphatic rings. The first-order valence-electron chi connectivity index (χ1n) is 9.81. The summed E-state index contributed by atoms with van der Waals surface area (Å²) >= 11 is 0. The van der Waals surface area contributed by atoms with Gasteiger partial charge in [-0.05, 0) is 36.7 Å². The minimum absolute atomic E-state index is 0.0430. The van der Waals surface area contributed by atoms with Crippen molar-refractivity contribution in [3.05, 3.63) is 35.9 Å². The number of hydrogen-bond acceptors (Lipinski definition) is 4. The van der Waals surface area contributed by atoms with E-state index in [1.54, 1.807) is 0 Å². The van der Waals surface area contributed by atoms with Gasteiger partial charge in [-0.1, -0.05) is 55.0 Å². The molecule has 2 saturated carbocycles. The third-order valence-electron chi connectivity index (χ3n) is 6.23. The van der Waals surface area contributed by atoms with Crippen LogP contribution in [0.4, 0.5) is 0 Å². The summed E-state index contributed by atoms with van der Waals surface area (Å²) < 4.78 is 5.39. The van der Waals surface area contributed by atoms with Crippen molar-refractivity contribution in [2.45, 2.75) is 37.7 Å². The molecule has 0 unspecified atom stereocenters. The molecule has 4 nitrogen and oxygen atoms in total. The molecule has 3 atom stereocenters. The van der Waals surface area contributed by atoms with E-state index >= 15 is 0 Å². The Kier molecular flexibility index (Phi) is 5.02. The quantitative estimate of drug-likeness (QED) is 0.653. The van der Waals surface area contributed by atoms with Crippen LogP contribution in [0, 0.1) is 29.6 Å². The Bertz CT molecular complexity index is 691. The zero-order valence-corrected chi connectivity index (χ0v) is 15.2. The van der Waals surface area contributed by atoms with E-state index in [4.69, 9.17) is 4.74 Å². The van der Waals surface area contributed by atoms with Crippen LogP contribution in [0.5, 0.6) is 0 Å². The number of rotatable bonds is 5. The number of likely N-dealkylation sites (tertiary alicyclic amines) is 1. The van der Waals surface area contributed by atoms with Crippen LogP contribution >= 0.6 is 0 Å². The average molecular weight is 353 g/mol. The Balaban J connectivity index is 1.35. The fraction of sp³-hybridized carbons (Fsp3) is 0.591. The second kappa shape index (κ2) is 7.42. The van der Waals surface area contributed by atoms with Crippen molar-refractivity contribution in [2.75, 3.05) is 26.2 Å². The van der Waals surface area contributed by atoms with Crippen molar-refractivity contribution in [1.29, 1.82) is 0 Å². The number of piperidine rings is 1. The third-order valence-corrected chi connectivity index (χ3v) is 6.23. The van der Waals surface area contributed by atoms with E-state index in [0.29, 0.717) is 5.56 Å². The van der Waals surface area contributed by atoms with Crippen LogP contribution in [-0.2, 0) is 15.1 Å². The minimum atomic E-state index is -1.56. The van der Waals surface area contributed by atoms with Crippen LogP contribution in [0.1, 0.15) is 37.7 Å². The van der Waals surface area contributed by atoms with Gasteiger partial charge in [0.1, 0.15) is 0 Å². The molecule has 0 spiro atoms. The summed E-state index contributed by atoms with van der Waals surface area (Å²) in [6, 6.07) is 9.21. The number of carbonyl (C=O) groups is 1. The van der Waals surface area contributed by atoms with Crippen LogP contribution in [0.2, 0.25) is 0 Å². The second-order valence-corrected chi connectivity index (χ2v) is 7.99. The van der Waals surface area contributed by atoms with E-state index in [1.165, 1.54) is 6.42 Å². The van der Waals surface area contributed by atoms with E-state index in [-0.39, 0.29) is 12.5 Å². The zero-order valence-electron chi connectivity index (χ0n) is 15.2. The average Bonchev–Trinajstić information content (AvgIpc) is 3.07. The van der Waals surface area contributed by atoms with E-state index in [1.807, 2.05) is 30.3 Å². The maximum atomic E-state index is 12.8. The molecule has 1 aliphatic heterocycles. The van der Waals surface area contributed by atoms with Gasteiger partial charge in [-0.25, -0.2) is 4.79 Å². The molecule has 4 heteroatoms. The number of aliphatic hydroxyl groups is 1. The number of nitrogens with zero attached hydrogens (tertiary/aromatic N) is 1. The molecular weight excluding hydrogens is 326 g/mol. The predicted molar refractivity (Wildman–Crippen MR) is 99.1 cm³/mol. The molecule has 1 aromatic carbocycles. The smallest absolute Gasteiger partial charge is 0.344 e. The van der Waals surface area contributed by atoms with Crippen molar-refractivity contribution >= 4 is 5.97 Å². The number of ether oxygens (including phenoxy) is 1. The van der Waals surface area contributed by atoms with Crippen LogP contribution in [0.3, 0.4) is 0 Å². The monoisotopic (exact) mass is 353 g/mol. The van der Waals surface area contributed by atoms with Gasteiger partial charge >= 0.3 is 5.97 Å². The highest BCUT2D eigenvalue weighted by atomic mass is 16.5. The second-order valence-electron chi connectivity index (χ2n) is 7.99. The summed E-state index contributed by atoms with van der Waals surface area (Å²) in [6.07, 6.45) is 5.18. The number of carbonyl (C=O) groups excluding carboxylic acids is 1. The molecule has 1 aromatic rings. The van der Waals surface area contributed by atoms with Crippen LogP contribution in [-0.4, -0.2) is 42.2 Å². The molecule has 1 saturated heterocycles. The van der Waals surface area contributed by atoms with Crippen molar-refractivity contribution in [2.24, 2.45) is 17.8 Å². The molecule has 0 amide bonds. The minimum Gasteiger partial charge on any atom is -0.450 e. The van der Waals surface area contributed by atoms with Gasteiger partial charge in [-0.15, -0.1) is 0 Å². The molecule has 0 radical (unpaired) electrons. The molecule has 0 bridgehead atoms. The lowest BCUT2D eigenvalue weighted by molar-refractivity contribution is -0.172. The fourth-order valence-corrected chi connectivity index (χ4v) is 4.61. The lowest BCUT2D eigenvalue weighted by Gasteiger charge is -2.31. The highest BCUT2D eigenvalue weighted by Crippen LogP contribution is 2.44. The molecule has 26 heavy (non-hydrogen) atoms. The van der Waals surface area contributed by atoms with E-state index in [2.05, 4.69) is 16.7 Å². The third kappa shape index (κ3) is 3.51. The number of benzene rings is 1. The van der Waals surface area contributed by atoms with E-state index in [9.17, 15) is 9.90 Å². The summed E-state index contributed by atoms with van der Waals surface area (Å²) in [6.45, 7) is 3.11. The summed E-state index contributed by atoms with van der Waals surface area (Å²) in [4.78, 5) is 15.1. The lowest BCUT2D eigenvalue weighted by Crippen LogP contribution is -2.43. The standard InChI is InChI=1S/C22H27NO3/c24-21(26-13-7-6-12-23-15-17-14-18(17)16-23)22(25,20-10-4-5-11-20)19-8-2-1-3-9-19/h1-3,8-9,17-18,20,25H,4-5,10-16H2/t17-,18+,22-/m0/s1. The van der Waals surface area contributed by atoms with Crippen molar-refractivity contribution in [3.63, 3.8) is 0 Å². The Hall–Kier alpha value is -1.83. The first kappa shape index (κ1) is 17.6. The van der Waals surface area contributed by atoms with Crippen LogP contribution in [0.15, 0.2) is 30.3 Å². The van der Waals surface area contributed by atoms with E-state index in [0.717, 1.165) is 57.2 Å². The van der Waals surface area contributed by atoms with Gasteiger partial charge in [0.15, 0.2) is 12.2 Å². The fourth-order valence-electron chi connectivity index (χ4n) is 4.61. The zero-order chi connectivity index (χ0) is 18.0. The predicted octanol–water partition coefficient (Wildman–Crippen LogP) is 2.56. The molecule has 0 aromatic heterocycles. The van der Waals surface area contributed by atoms with Gasteiger partial charge in [0.2, 0.25) is 0 Å². The van der Waals surface area contributed by atoms with Crippen LogP contribution < -0.4 is 0 Å². The Morgan fingerprint density at radius 1 is 1.15 bits per heavy atom. The van der Waals surface area contributed by atoms with Gasteiger partial charge in [0.05, 0.1) is 6.54 Å².